The van der Waals surface area contributed by atoms with Crippen molar-refractivity contribution in [3.8, 4) is 11.1 Å². The van der Waals surface area contributed by atoms with Crippen LogP contribution in [0.1, 0.15) is 105 Å². The third kappa shape index (κ3) is 5.01. The molecule has 2 unspecified atom stereocenters. The topological polar surface area (TPSA) is 38.8 Å². The molecule has 1 saturated heterocycles. The van der Waals surface area contributed by atoms with Crippen LogP contribution in [0.3, 0.4) is 0 Å². The number of fused-ring (bicyclic) bond motifs is 5. The molecule has 1 aliphatic carbocycles. The van der Waals surface area contributed by atoms with Gasteiger partial charge < -0.3 is 9.47 Å². The summed E-state index contributed by atoms with van der Waals surface area (Å²) in [5, 5.41) is 0. The summed E-state index contributed by atoms with van der Waals surface area (Å²) in [5.74, 6) is 1.37. The number of morpholine rings is 1. The zero-order chi connectivity index (χ0) is 28.8. The number of benzene rings is 3. The number of carbonyl (C=O) groups excluding carboxylic acids is 1. The van der Waals surface area contributed by atoms with Gasteiger partial charge in [-0.15, -0.1) is 0 Å². The van der Waals surface area contributed by atoms with E-state index in [1.165, 1.54) is 50.1 Å². The smallest absolute Gasteiger partial charge is 0.410 e. The average molecular weight is 550 g/mol. The molecule has 1 fully saturated rings. The van der Waals surface area contributed by atoms with Gasteiger partial charge >= 0.3 is 6.09 Å². The summed E-state index contributed by atoms with van der Waals surface area (Å²) in [6.45, 7) is 15.1. The normalized spacial score (nSPS) is 19.9. The Hall–Kier alpha value is -3.37. The van der Waals surface area contributed by atoms with E-state index in [4.69, 9.17) is 9.47 Å². The molecular weight excluding hydrogens is 506 g/mol. The molecule has 4 nitrogen and oxygen atoms in total. The molecule has 0 saturated carbocycles. The minimum absolute atomic E-state index is 0.0331. The van der Waals surface area contributed by atoms with Crippen LogP contribution in [-0.4, -0.2) is 42.9 Å². The average Bonchev–Trinajstić information content (AvgIpc) is 3.28. The highest BCUT2D eigenvalue weighted by Gasteiger charge is 2.40. The summed E-state index contributed by atoms with van der Waals surface area (Å²) >= 11 is 0. The molecule has 0 spiro atoms. The van der Waals surface area contributed by atoms with E-state index in [9.17, 15) is 4.79 Å². The first-order valence-electron chi connectivity index (χ1n) is 15.3. The van der Waals surface area contributed by atoms with Crippen molar-refractivity contribution in [2.45, 2.75) is 83.7 Å². The summed E-state index contributed by atoms with van der Waals surface area (Å²) in [5.41, 5.74) is 11.9. The van der Waals surface area contributed by atoms with Crippen LogP contribution in [0.4, 0.5) is 4.79 Å². The van der Waals surface area contributed by atoms with E-state index in [1.54, 1.807) is 0 Å². The highest BCUT2D eigenvalue weighted by molar-refractivity contribution is 5.80. The first-order valence-corrected chi connectivity index (χ1v) is 15.3. The van der Waals surface area contributed by atoms with Gasteiger partial charge in [-0.25, -0.2) is 4.79 Å². The highest BCUT2D eigenvalue weighted by atomic mass is 16.6. The predicted octanol–water partition coefficient (Wildman–Crippen LogP) is 8.86. The molecule has 2 heterocycles. The summed E-state index contributed by atoms with van der Waals surface area (Å²) in [4.78, 5) is 15.7. The van der Waals surface area contributed by atoms with Crippen LogP contribution in [0.5, 0.6) is 0 Å². The van der Waals surface area contributed by atoms with Gasteiger partial charge in [0.05, 0.1) is 25.3 Å². The minimum atomic E-state index is -0.233. The third-order valence-corrected chi connectivity index (χ3v) is 9.20. The molecule has 3 aliphatic rings. The number of carbonyl (C=O) groups is 1. The fourth-order valence-electron chi connectivity index (χ4n) is 7.06. The Labute approximate surface area is 245 Å². The third-order valence-electron chi connectivity index (χ3n) is 9.20. The van der Waals surface area contributed by atoms with E-state index in [0.717, 1.165) is 6.42 Å². The first-order chi connectivity index (χ1) is 19.7. The Morgan fingerprint density at radius 1 is 0.854 bits per heavy atom. The zero-order valence-corrected chi connectivity index (χ0v) is 25.3. The molecule has 0 radical (unpaired) electrons. The van der Waals surface area contributed by atoms with E-state index < -0.39 is 0 Å². The summed E-state index contributed by atoms with van der Waals surface area (Å²) in [6.07, 6.45) is 2.84. The number of hydrogen-bond donors (Lipinski definition) is 0. The van der Waals surface area contributed by atoms with Crippen LogP contribution in [0.25, 0.3) is 16.7 Å². The van der Waals surface area contributed by atoms with Gasteiger partial charge in [0.2, 0.25) is 0 Å². The van der Waals surface area contributed by atoms with Crippen molar-refractivity contribution in [1.29, 1.82) is 0 Å². The maximum Gasteiger partial charge on any atom is 0.410 e. The lowest BCUT2D eigenvalue weighted by Gasteiger charge is -2.44. The second-order valence-electron chi connectivity index (χ2n) is 12.9. The highest BCUT2D eigenvalue weighted by Crippen LogP contribution is 2.45. The van der Waals surface area contributed by atoms with E-state index in [0.29, 0.717) is 37.6 Å². The van der Waals surface area contributed by atoms with E-state index in [-0.39, 0.29) is 24.1 Å². The summed E-state index contributed by atoms with van der Waals surface area (Å²) < 4.78 is 12.1. The Bertz CT molecular complexity index is 1410. The molecule has 214 valence electrons. The molecule has 2 aliphatic heterocycles. The van der Waals surface area contributed by atoms with E-state index >= 15 is 0 Å². The van der Waals surface area contributed by atoms with Crippen molar-refractivity contribution in [2.75, 3.05) is 19.8 Å². The number of ether oxygens (including phenoxy) is 2. The van der Waals surface area contributed by atoms with Gasteiger partial charge in [0.25, 0.3) is 0 Å². The predicted molar refractivity (Wildman–Crippen MR) is 167 cm³/mol. The largest absolute Gasteiger partial charge is 0.448 e. The molecule has 1 amide bonds. The van der Waals surface area contributed by atoms with Crippen LogP contribution in [0.2, 0.25) is 0 Å². The van der Waals surface area contributed by atoms with Crippen LogP contribution < -0.4 is 0 Å². The minimum Gasteiger partial charge on any atom is -0.448 e. The van der Waals surface area contributed by atoms with Crippen LogP contribution in [0, 0.1) is 0 Å². The van der Waals surface area contributed by atoms with Gasteiger partial charge in [0.1, 0.15) is 6.61 Å². The monoisotopic (exact) mass is 549 g/mol. The molecule has 41 heavy (non-hydrogen) atoms. The first kappa shape index (κ1) is 27.8. The van der Waals surface area contributed by atoms with Crippen molar-refractivity contribution in [3.63, 3.8) is 0 Å². The van der Waals surface area contributed by atoms with Crippen LogP contribution >= 0.6 is 0 Å². The Morgan fingerprint density at radius 3 is 1.98 bits per heavy atom. The lowest BCUT2D eigenvalue weighted by Crippen LogP contribution is -2.56. The van der Waals surface area contributed by atoms with Gasteiger partial charge in [0.15, 0.2) is 0 Å². The quantitative estimate of drug-likeness (QED) is 0.308. The Morgan fingerprint density at radius 2 is 1.44 bits per heavy atom. The molecular formula is C37H43NO3. The maximum absolute atomic E-state index is 13.7. The molecule has 3 aromatic carbocycles. The van der Waals surface area contributed by atoms with Gasteiger partial charge in [-0.2, -0.15) is 0 Å². The molecule has 2 atom stereocenters. The fraction of sp³-hybridized carbons (Fsp3) is 0.432. The molecule has 2 bridgehead atoms. The standard InChI is InChI=1S/C37H43NO3/c1-22(2)25-17-33(23(3)4)36(34(18-25)24(5)6)26-15-27-19-40-20-28(16-26)38(27)37(39)41-21-35-31-13-9-7-11-29(31)30-12-8-10-14-32(30)35/h7-15,17-18,22-24,27-28,35H,16,19-21H2,1-6H3. The molecule has 6 rings (SSSR count). The fourth-order valence-corrected chi connectivity index (χ4v) is 7.06. The van der Waals surface area contributed by atoms with Crippen molar-refractivity contribution in [2.24, 2.45) is 0 Å². The van der Waals surface area contributed by atoms with Gasteiger partial charge in [0, 0.05) is 5.92 Å². The van der Waals surface area contributed by atoms with Crippen molar-refractivity contribution in [3.05, 3.63) is 100 Å². The number of rotatable bonds is 6. The summed E-state index contributed by atoms with van der Waals surface area (Å²) in [7, 11) is 0. The molecule has 0 aromatic heterocycles. The maximum atomic E-state index is 13.7. The van der Waals surface area contributed by atoms with Crippen molar-refractivity contribution in [1.82, 2.24) is 4.90 Å². The van der Waals surface area contributed by atoms with E-state index in [2.05, 4.69) is 108 Å². The Kier molecular flexibility index (Phi) is 7.54. The zero-order valence-electron chi connectivity index (χ0n) is 25.3. The van der Waals surface area contributed by atoms with Crippen LogP contribution in [-0.2, 0) is 9.47 Å². The van der Waals surface area contributed by atoms with Crippen LogP contribution in [0.15, 0.2) is 66.7 Å². The molecule has 3 aromatic rings. The van der Waals surface area contributed by atoms with Gasteiger partial charge in [-0.3, -0.25) is 4.90 Å². The number of hydrogen-bond acceptors (Lipinski definition) is 3. The SMILES string of the molecule is CC(C)c1cc(C(C)C)c(C2=CC3COCC(C2)N3C(=O)OCC2c3ccccc3-c3ccccc32)c(C(C)C)c1. The van der Waals surface area contributed by atoms with Crippen molar-refractivity contribution >= 4 is 11.7 Å². The summed E-state index contributed by atoms with van der Waals surface area (Å²) in [6, 6.07) is 21.6. The molecule has 0 N–H and O–H groups in total. The second kappa shape index (κ2) is 11.1. The molecule has 4 heteroatoms. The second-order valence-corrected chi connectivity index (χ2v) is 12.9. The Balaban J connectivity index is 1.28. The van der Waals surface area contributed by atoms with Gasteiger partial charge in [-0.1, -0.05) is 108 Å². The lowest BCUT2D eigenvalue weighted by molar-refractivity contribution is -0.0331. The number of nitrogens with zero attached hydrogens (tertiary/aromatic N) is 1. The lowest BCUT2D eigenvalue weighted by atomic mass is 9.78. The number of amides is 1. The van der Waals surface area contributed by atoms with E-state index in [1.807, 2.05) is 4.90 Å². The van der Waals surface area contributed by atoms with Gasteiger partial charge in [-0.05, 0) is 74.3 Å². The van der Waals surface area contributed by atoms with Crippen molar-refractivity contribution < 1.29 is 14.3 Å².